The third kappa shape index (κ3) is 4.22. The first-order valence-corrected chi connectivity index (χ1v) is 10.6. The lowest BCUT2D eigenvalue weighted by molar-refractivity contribution is 0.0939. The van der Waals surface area contributed by atoms with Crippen LogP contribution in [0.2, 0.25) is 0 Å². The number of carbonyl (C=O) groups excluding carboxylic acids is 1. The number of carbonyl (C=O) groups is 1. The van der Waals surface area contributed by atoms with Crippen molar-refractivity contribution in [2.45, 2.75) is 30.7 Å². The predicted octanol–water partition coefficient (Wildman–Crippen LogP) is 2.58. The maximum absolute atomic E-state index is 12.4. The number of sulfone groups is 1. The summed E-state index contributed by atoms with van der Waals surface area (Å²) in [5.41, 5.74) is 1.35. The monoisotopic (exact) mass is 373 g/mol. The maximum atomic E-state index is 12.4. The average molecular weight is 373 g/mol. The highest BCUT2D eigenvalue weighted by Gasteiger charge is 2.16. The molecule has 1 aliphatic rings. The third-order valence-electron chi connectivity index (χ3n) is 4.60. The molecule has 1 N–H and O–H groups in total. The summed E-state index contributed by atoms with van der Waals surface area (Å²) < 4.78 is 23.0. The smallest absolute Gasteiger partial charge is 0.253 e. The Morgan fingerprint density at radius 1 is 1.12 bits per heavy atom. The molecule has 1 unspecified atom stereocenters. The lowest BCUT2D eigenvalue weighted by Gasteiger charge is -2.17. The van der Waals surface area contributed by atoms with Gasteiger partial charge in [0.1, 0.15) is 5.82 Å². The zero-order valence-corrected chi connectivity index (χ0v) is 15.8. The van der Waals surface area contributed by atoms with Crippen molar-refractivity contribution < 1.29 is 13.2 Å². The molecule has 1 aromatic heterocycles. The molecular formula is C19H23N3O3S. The van der Waals surface area contributed by atoms with Crippen LogP contribution in [0.25, 0.3) is 0 Å². The van der Waals surface area contributed by atoms with E-state index in [9.17, 15) is 13.2 Å². The molecule has 2 aromatic rings. The molecule has 3 rings (SSSR count). The molecule has 1 amide bonds. The first-order valence-electron chi connectivity index (χ1n) is 8.66. The van der Waals surface area contributed by atoms with E-state index >= 15 is 0 Å². The molecule has 0 bridgehead atoms. The van der Waals surface area contributed by atoms with E-state index in [2.05, 4.69) is 15.2 Å². The molecule has 7 heteroatoms. The van der Waals surface area contributed by atoms with Crippen LogP contribution in [0.15, 0.2) is 47.5 Å². The fraction of sp³-hybridized carbons (Fsp3) is 0.368. The molecule has 0 spiro atoms. The minimum absolute atomic E-state index is 0.204. The Balaban J connectivity index is 1.65. The van der Waals surface area contributed by atoms with Crippen LogP contribution in [0.3, 0.4) is 0 Å². The minimum Gasteiger partial charge on any atom is -0.357 e. The lowest BCUT2D eigenvalue weighted by atomic mass is 10.1. The van der Waals surface area contributed by atoms with Crippen LogP contribution >= 0.6 is 0 Å². The number of anilines is 1. The van der Waals surface area contributed by atoms with E-state index in [1.54, 1.807) is 36.5 Å². The van der Waals surface area contributed by atoms with Crippen LogP contribution in [0.4, 0.5) is 5.82 Å². The fourth-order valence-corrected chi connectivity index (χ4v) is 3.65. The van der Waals surface area contributed by atoms with Crippen LogP contribution in [0, 0.1) is 0 Å². The number of benzene rings is 1. The topological polar surface area (TPSA) is 79.4 Å². The van der Waals surface area contributed by atoms with Gasteiger partial charge in [-0.2, -0.15) is 0 Å². The Kier molecular flexibility index (Phi) is 5.27. The number of hydrogen-bond donors (Lipinski definition) is 1. The Hall–Kier alpha value is -2.41. The largest absolute Gasteiger partial charge is 0.357 e. The molecule has 1 aromatic carbocycles. The molecule has 138 valence electrons. The van der Waals surface area contributed by atoms with E-state index in [1.165, 1.54) is 19.1 Å². The van der Waals surface area contributed by atoms with Crippen LogP contribution in [-0.4, -0.2) is 38.7 Å². The van der Waals surface area contributed by atoms with Crippen LogP contribution in [0.5, 0.6) is 0 Å². The Morgan fingerprint density at radius 2 is 1.77 bits per heavy atom. The van der Waals surface area contributed by atoms with Gasteiger partial charge in [-0.1, -0.05) is 12.1 Å². The zero-order valence-electron chi connectivity index (χ0n) is 15.0. The van der Waals surface area contributed by atoms with Gasteiger partial charge in [-0.3, -0.25) is 4.79 Å². The number of amides is 1. The summed E-state index contributed by atoms with van der Waals surface area (Å²) in [6.45, 7) is 3.89. The second-order valence-corrected chi connectivity index (χ2v) is 8.65. The van der Waals surface area contributed by atoms with Crippen molar-refractivity contribution >= 4 is 21.6 Å². The Bertz CT molecular complexity index is 871. The van der Waals surface area contributed by atoms with Gasteiger partial charge in [-0.15, -0.1) is 0 Å². The van der Waals surface area contributed by atoms with E-state index < -0.39 is 9.84 Å². The van der Waals surface area contributed by atoms with Crippen LogP contribution in [-0.2, 0) is 9.84 Å². The maximum Gasteiger partial charge on any atom is 0.253 e. The molecule has 6 nitrogen and oxygen atoms in total. The lowest BCUT2D eigenvalue weighted by Crippen LogP contribution is -2.27. The second kappa shape index (κ2) is 7.45. The number of hydrogen-bond acceptors (Lipinski definition) is 5. The van der Waals surface area contributed by atoms with E-state index in [1.807, 2.05) is 13.0 Å². The summed E-state index contributed by atoms with van der Waals surface area (Å²) in [4.78, 5) is 19.3. The van der Waals surface area contributed by atoms with Crippen molar-refractivity contribution in [2.24, 2.45) is 0 Å². The van der Waals surface area contributed by atoms with Crippen molar-refractivity contribution in [1.82, 2.24) is 10.3 Å². The van der Waals surface area contributed by atoms with Gasteiger partial charge in [-0.05, 0) is 49.6 Å². The average Bonchev–Trinajstić information content (AvgIpc) is 3.16. The number of rotatable bonds is 5. The van der Waals surface area contributed by atoms with E-state index in [4.69, 9.17) is 0 Å². The van der Waals surface area contributed by atoms with Gasteiger partial charge in [0.05, 0.1) is 16.5 Å². The SMILES string of the molecule is CC(NC(=O)c1ccc(N2CCCC2)nc1)c1ccc(S(C)(=O)=O)cc1. The quantitative estimate of drug-likeness (QED) is 0.871. The van der Waals surface area contributed by atoms with Crippen molar-refractivity contribution in [3.63, 3.8) is 0 Å². The van der Waals surface area contributed by atoms with E-state index in [0.717, 1.165) is 24.5 Å². The second-order valence-electron chi connectivity index (χ2n) is 6.64. The molecule has 1 aliphatic heterocycles. The van der Waals surface area contributed by atoms with Crippen LogP contribution < -0.4 is 10.2 Å². The summed E-state index contributed by atoms with van der Waals surface area (Å²) >= 11 is 0. The number of pyridine rings is 1. The summed E-state index contributed by atoms with van der Waals surface area (Å²) in [5, 5.41) is 2.92. The number of aromatic nitrogens is 1. The highest BCUT2D eigenvalue weighted by atomic mass is 32.2. The van der Waals surface area contributed by atoms with Gasteiger partial charge in [-0.25, -0.2) is 13.4 Å². The summed E-state index contributed by atoms with van der Waals surface area (Å²) in [7, 11) is -3.22. The predicted molar refractivity (Wildman–Crippen MR) is 101 cm³/mol. The molecule has 1 atom stereocenters. The highest BCUT2D eigenvalue weighted by molar-refractivity contribution is 7.90. The third-order valence-corrected chi connectivity index (χ3v) is 5.72. The molecule has 1 fully saturated rings. The highest BCUT2D eigenvalue weighted by Crippen LogP contribution is 2.19. The first-order chi connectivity index (χ1) is 12.3. The van der Waals surface area contributed by atoms with Gasteiger partial charge in [0.15, 0.2) is 9.84 Å². The molecule has 1 saturated heterocycles. The molecule has 0 radical (unpaired) electrons. The van der Waals surface area contributed by atoms with Gasteiger partial charge in [0.2, 0.25) is 0 Å². The van der Waals surface area contributed by atoms with E-state index in [0.29, 0.717) is 5.56 Å². The number of nitrogens with zero attached hydrogens (tertiary/aromatic N) is 2. The summed E-state index contributed by atoms with van der Waals surface area (Å²) in [5.74, 6) is 0.702. The Morgan fingerprint density at radius 3 is 2.31 bits per heavy atom. The standard InChI is InChI=1S/C19H23N3O3S/c1-14(15-5-8-17(9-6-15)26(2,24)25)21-19(23)16-7-10-18(20-13-16)22-11-3-4-12-22/h5-10,13-14H,3-4,11-12H2,1-2H3,(H,21,23). The van der Waals surface area contributed by atoms with Crippen molar-refractivity contribution in [3.05, 3.63) is 53.7 Å². The van der Waals surface area contributed by atoms with Gasteiger partial charge in [0.25, 0.3) is 5.91 Å². The van der Waals surface area contributed by atoms with Crippen molar-refractivity contribution in [3.8, 4) is 0 Å². The van der Waals surface area contributed by atoms with E-state index in [-0.39, 0.29) is 16.8 Å². The normalized spacial score (nSPS) is 15.7. The molecule has 0 aliphatic carbocycles. The van der Waals surface area contributed by atoms with Gasteiger partial charge < -0.3 is 10.2 Å². The summed E-state index contributed by atoms with van der Waals surface area (Å²) in [6, 6.07) is 9.97. The fourth-order valence-electron chi connectivity index (χ4n) is 3.02. The Labute approximate surface area is 154 Å². The minimum atomic E-state index is -3.22. The van der Waals surface area contributed by atoms with Crippen LogP contribution in [0.1, 0.15) is 41.7 Å². The van der Waals surface area contributed by atoms with Crippen molar-refractivity contribution in [2.75, 3.05) is 24.2 Å². The zero-order chi connectivity index (χ0) is 18.7. The number of nitrogens with one attached hydrogen (secondary N) is 1. The molecular weight excluding hydrogens is 350 g/mol. The van der Waals surface area contributed by atoms with Crippen molar-refractivity contribution in [1.29, 1.82) is 0 Å². The van der Waals surface area contributed by atoms with Gasteiger partial charge >= 0.3 is 0 Å². The molecule has 2 heterocycles. The van der Waals surface area contributed by atoms with Gasteiger partial charge in [0, 0.05) is 25.5 Å². The molecule has 0 saturated carbocycles. The molecule has 26 heavy (non-hydrogen) atoms. The first kappa shape index (κ1) is 18.4. The summed E-state index contributed by atoms with van der Waals surface area (Å²) in [6.07, 6.45) is 5.13.